The Bertz CT molecular complexity index is 621. The first kappa shape index (κ1) is 13.4. The van der Waals surface area contributed by atoms with Crippen LogP contribution in [0.25, 0.3) is 0 Å². The monoisotopic (exact) mass is 284 g/mol. The second kappa shape index (κ2) is 5.32. The van der Waals surface area contributed by atoms with Crippen molar-refractivity contribution < 1.29 is 23.4 Å². The molecule has 0 aliphatic carbocycles. The normalized spacial score (nSPS) is 10.5. The van der Waals surface area contributed by atoms with E-state index in [4.69, 9.17) is 25.9 Å². The van der Waals surface area contributed by atoms with Gasteiger partial charge in [-0.05, 0) is 25.1 Å². The van der Waals surface area contributed by atoms with Crippen LogP contribution in [0.4, 0.5) is 4.39 Å². The number of ether oxygens (including phenoxy) is 1. The molecule has 0 atom stereocenters. The average Bonchev–Trinajstić information content (AvgIpc) is 2.72. The predicted molar refractivity (Wildman–Crippen MR) is 66.1 cm³/mol. The van der Waals surface area contributed by atoms with Crippen LogP contribution >= 0.6 is 11.6 Å². The lowest BCUT2D eigenvalue weighted by Gasteiger charge is -2.04. The number of halogens is 2. The molecule has 1 aromatic heterocycles. The summed E-state index contributed by atoms with van der Waals surface area (Å²) in [7, 11) is 0. The first-order valence-corrected chi connectivity index (χ1v) is 5.75. The summed E-state index contributed by atoms with van der Waals surface area (Å²) in [6, 6.07) is 5.42. The number of hydrogen-bond donors (Lipinski definition) is 1. The van der Waals surface area contributed by atoms with Gasteiger partial charge in [0, 0.05) is 6.07 Å². The molecule has 0 radical (unpaired) electrons. The van der Waals surface area contributed by atoms with Crippen LogP contribution < -0.4 is 4.74 Å². The smallest absolute Gasteiger partial charge is 0.339 e. The van der Waals surface area contributed by atoms with Gasteiger partial charge in [0.15, 0.2) is 0 Å². The highest BCUT2D eigenvalue weighted by Gasteiger charge is 2.14. The Labute approximate surface area is 113 Å². The second-order valence-electron chi connectivity index (χ2n) is 3.85. The number of aryl methyl sites for hydroxylation is 1. The van der Waals surface area contributed by atoms with Crippen molar-refractivity contribution in [1.29, 1.82) is 0 Å². The lowest BCUT2D eigenvalue weighted by atomic mass is 10.2. The fourth-order valence-electron chi connectivity index (χ4n) is 1.55. The summed E-state index contributed by atoms with van der Waals surface area (Å²) < 4.78 is 23.7. The third kappa shape index (κ3) is 3.06. The number of furan rings is 1. The highest BCUT2D eigenvalue weighted by atomic mass is 35.5. The highest BCUT2D eigenvalue weighted by Crippen LogP contribution is 2.22. The molecule has 6 heteroatoms. The zero-order chi connectivity index (χ0) is 14.0. The molecule has 2 aromatic rings. The highest BCUT2D eigenvalue weighted by molar-refractivity contribution is 6.30. The molecule has 0 aliphatic heterocycles. The summed E-state index contributed by atoms with van der Waals surface area (Å²) in [5, 5.41) is 8.87. The third-order valence-electron chi connectivity index (χ3n) is 2.47. The summed E-state index contributed by atoms with van der Waals surface area (Å²) in [4.78, 5) is 10.8. The van der Waals surface area contributed by atoms with Crippen molar-refractivity contribution in [3.8, 4) is 5.75 Å². The van der Waals surface area contributed by atoms with Crippen molar-refractivity contribution in [2.24, 2.45) is 0 Å². The van der Waals surface area contributed by atoms with Crippen LogP contribution in [-0.4, -0.2) is 11.1 Å². The van der Waals surface area contributed by atoms with Crippen LogP contribution in [-0.2, 0) is 6.61 Å². The van der Waals surface area contributed by atoms with Crippen molar-refractivity contribution in [3.63, 3.8) is 0 Å². The first-order valence-electron chi connectivity index (χ1n) is 5.38. The molecule has 0 fully saturated rings. The van der Waals surface area contributed by atoms with Gasteiger partial charge in [-0.1, -0.05) is 11.6 Å². The van der Waals surface area contributed by atoms with Gasteiger partial charge in [-0.25, -0.2) is 9.18 Å². The molecule has 19 heavy (non-hydrogen) atoms. The standard InChI is InChI=1S/C13H10ClFO4/c1-7-10(13(16)17)4-9(19-7)6-18-8-2-3-11(14)12(15)5-8/h2-5H,6H2,1H3,(H,16,17). The number of hydrogen-bond acceptors (Lipinski definition) is 3. The van der Waals surface area contributed by atoms with E-state index in [1.807, 2.05) is 0 Å². The molecule has 4 nitrogen and oxygen atoms in total. The van der Waals surface area contributed by atoms with Gasteiger partial charge >= 0.3 is 5.97 Å². The van der Waals surface area contributed by atoms with Crippen LogP contribution in [0.1, 0.15) is 21.9 Å². The van der Waals surface area contributed by atoms with Crippen LogP contribution in [0.3, 0.4) is 0 Å². The lowest BCUT2D eigenvalue weighted by Crippen LogP contribution is -1.96. The van der Waals surface area contributed by atoms with E-state index in [0.717, 1.165) is 6.07 Å². The molecule has 100 valence electrons. The number of benzene rings is 1. The van der Waals surface area contributed by atoms with Crippen molar-refractivity contribution in [2.75, 3.05) is 0 Å². The van der Waals surface area contributed by atoms with E-state index in [-0.39, 0.29) is 22.9 Å². The zero-order valence-corrected chi connectivity index (χ0v) is 10.7. The van der Waals surface area contributed by atoms with Gasteiger partial charge in [0.2, 0.25) is 0 Å². The van der Waals surface area contributed by atoms with Gasteiger partial charge in [-0.3, -0.25) is 0 Å². The molecule has 0 aliphatic rings. The number of carbonyl (C=O) groups is 1. The summed E-state index contributed by atoms with van der Waals surface area (Å²) in [6.45, 7) is 1.56. The Hall–Kier alpha value is -2.01. The van der Waals surface area contributed by atoms with Gasteiger partial charge in [0.1, 0.15) is 35.3 Å². The van der Waals surface area contributed by atoms with Gasteiger partial charge in [0.05, 0.1) is 5.02 Å². The predicted octanol–water partition coefficient (Wildman–Crippen LogP) is 3.66. The second-order valence-corrected chi connectivity index (χ2v) is 4.26. The van der Waals surface area contributed by atoms with E-state index in [1.165, 1.54) is 18.2 Å². The first-order chi connectivity index (χ1) is 8.97. The molecule has 0 unspecified atom stereocenters. The van der Waals surface area contributed by atoms with E-state index in [1.54, 1.807) is 6.92 Å². The molecule has 0 bridgehead atoms. The lowest BCUT2D eigenvalue weighted by molar-refractivity contribution is 0.0695. The Morgan fingerprint density at radius 3 is 2.79 bits per heavy atom. The maximum atomic E-state index is 13.2. The SMILES string of the molecule is Cc1oc(COc2ccc(Cl)c(F)c2)cc1C(=O)O. The number of aromatic carboxylic acids is 1. The van der Waals surface area contributed by atoms with E-state index in [2.05, 4.69) is 0 Å². The third-order valence-corrected chi connectivity index (χ3v) is 2.78. The maximum Gasteiger partial charge on any atom is 0.339 e. The molecule has 1 aromatic carbocycles. The van der Waals surface area contributed by atoms with Gasteiger partial charge in [0.25, 0.3) is 0 Å². The van der Waals surface area contributed by atoms with Gasteiger partial charge in [-0.2, -0.15) is 0 Å². The molecule has 0 spiro atoms. The molecule has 2 rings (SSSR count). The van der Waals surface area contributed by atoms with E-state index in [0.29, 0.717) is 11.5 Å². The summed E-state index contributed by atoms with van der Waals surface area (Å²) in [6.07, 6.45) is 0. The summed E-state index contributed by atoms with van der Waals surface area (Å²) in [5.74, 6) is -0.711. The molecular weight excluding hydrogens is 275 g/mol. The molecular formula is C13H10ClFO4. The van der Waals surface area contributed by atoms with E-state index >= 15 is 0 Å². The Kier molecular flexibility index (Phi) is 3.76. The van der Waals surface area contributed by atoms with Crippen LogP contribution in [0.2, 0.25) is 5.02 Å². The summed E-state index contributed by atoms with van der Waals surface area (Å²) in [5.41, 5.74) is 0.0842. The fourth-order valence-corrected chi connectivity index (χ4v) is 1.67. The van der Waals surface area contributed by atoms with Crippen LogP contribution in [0.5, 0.6) is 5.75 Å². The van der Waals surface area contributed by atoms with Crippen molar-refractivity contribution >= 4 is 17.6 Å². The average molecular weight is 285 g/mol. The summed E-state index contributed by atoms with van der Waals surface area (Å²) >= 11 is 5.54. The van der Waals surface area contributed by atoms with Crippen molar-refractivity contribution in [2.45, 2.75) is 13.5 Å². The number of carboxylic acids is 1. The van der Waals surface area contributed by atoms with Crippen molar-refractivity contribution in [1.82, 2.24) is 0 Å². The minimum atomic E-state index is -1.06. The van der Waals surface area contributed by atoms with Crippen LogP contribution in [0.15, 0.2) is 28.7 Å². The van der Waals surface area contributed by atoms with Crippen LogP contribution in [0, 0.1) is 12.7 Å². The Morgan fingerprint density at radius 2 is 2.21 bits per heavy atom. The largest absolute Gasteiger partial charge is 0.486 e. The Balaban J connectivity index is 2.08. The molecule has 1 heterocycles. The number of rotatable bonds is 4. The minimum Gasteiger partial charge on any atom is -0.486 e. The number of carboxylic acid groups (broad SMARTS) is 1. The Morgan fingerprint density at radius 1 is 1.47 bits per heavy atom. The van der Waals surface area contributed by atoms with Crippen molar-refractivity contribution in [3.05, 3.63) is 52.2 Å². The minimum absolute atomic E-state index is 0.00866. The van der Waals surface area contributed by atoms with Gasteiger partial charge in [-0.15, -0.1) is 0 Å². The quantitative estimate of drug-likeness (QED) is 0.931. The molecule has 1 N–H and O–H groups in total. The molecule has 0 saturated heterocycles. The van der Waals surface area contributed by atoms with Gasteiger partial charge < -0.3 is 14.3 Å². The molecule has 0 amide bonds. The fraction of sp³-hybridized carbons (Fsp3) is 0.154. The topological polar surface area (TPSA) is 59.7 Å². The maximum absolute atomic E-state index is 13.2. The van der Waals surface area contributed by atoms with E-state index < -0.39 is 11.8 Å². The molecule has 0 saturated carbocycles. The van der Waals surface area contributed by atoms with E-state index in [9.17, 15) is 9.18 Å². The zero-order valence-electron chi connectivity index (χ0n) is 9.94.